The average Bonchev–Trinajstić information content (AvgIpc) is 2.76. The molecule has 2 aliphatic carbocycles. The van der Waals surface area contributed by atoms with E-state index >= 15 is 0 Å². The summed E-state index contributed by atoms with van der Waals surface area (Å²) >= 11 is 0. The maximum atomic E-state index is 11.2. The van der Waals surface area contributed by atoms with Gasteiger partial charge in [0.2, 0.25) is 0 Å². The second kappa shape index (κ2) is 8.65. The van der Waals surface area contributed by atoms with Crippen molar-refractivity contribution in [3.63, 3.8) is 0 Å². The summed E-state index contributed by atoms with van der Waals surface area (Å²) in [5.41, 5.74) is 8.82. The first-order valence-corrected chi connectivity index (χ1v) is 12.1. The topological polar surface area (TPSA) is 40.5 Å². The van der Waals surface area contributed by atoms with Crippen LogP contribution in [0.4, 0.5) is 0 Å². The molecule has 2 aliphatic rings. The van der Waals surface area contributed by atoms with Gasteiger partial charge in [0.05, 0.1) is 0 Å². The summed E-state index contributed by atoms with van der Waals surface area (Å²) < 4.78 is 0. The van der Waals surface area contributed by atoms with Crippen LogP contribution in [0.3, 0.4) is 0 Å². The second-order valence-corrected chi connectivity index (χ2v) is 9.93. The molecule has 2 fully saturated rings. The Balaban J connectivity index is 1.80. The monoisotopic (exact) mass is 406 g/mol. The van der Waals surface area contributed by atoms with Gasteiger partial charge in [-0.2, -0.15) is 0 Å². The van der Waals surface area contributed by atoms with Crippen LogP contribution in [0.25, 0.3) is 11.1 Å². The van der Waals surface area contributed by atoms with Crippen molar-refractivity contribution in [1.82, 2.24) is 0 Å². The summed E-state index contributed by atoms with van der Waals surface area (Å²) in [5, 5.41) is 22.3. The van der Waals surface area contributed by atoms with Crippen LogP contribution in [-0.2, 0) is 0 Å². The van der Waals surface area contributed by atoms with E-state index in [9.17, 15) is 10.2 Å². The van der Waals surface area contributed by atoms with E-state index < -0.39 is 0 Å². The number of phenols is 2. The molecule has 0 atom stereocenters. The highest BCUT2D eigenvalue weighted by Gasteiger charge is 2.26. The van der Waals surface area contributed by atoms with Gasteiger partial charge in [-0.05, 0) is 110 Å². The van der Waals surface area contributed by atoms with E-state index in [1.54, 1.807) is 0 Å². The van der Waals surface area contributed by atoms with Crippen LogP contribution in [0.2, 0.25) is 0 Å². The number of phenolic OH excluding ortho intramolecular Hbond substituents is 2. The summed E-state index contributed by atoms with van der Waals surface area (Å²) in [6, 6.07) is 4.44. The van der Waals surface area contributed by atoms with Crippen molar-refractivity contribution in [2.45, 2.75) is 104 Å². The van der Waals surface area contributed by atoms with E-state index in [0.717, 1.165) is 33.4 Å². The van der Waals surface area contributed by atoms with Gasteiger partial charge in [-0.15, -0.1) is 0 Å². The number of benzene rings is 2. The Labute approximate surface area is 182 Å². The fourth-order valence-corrected chi connectivity index (χ4v) is 6.23. The Hall–Kier alpha value is -1.96. The minimum atomic E-state index is 0.470. The summed E-state index contributed by atoms with van der Waals surface area (Å²) in [7, 11) is 0. The lowest BCUT2D eigenvalue weighted by atomic mass is 9.78. The standard InChI is InChI=1S/C28H38O2/c1-17-15-23(21-11-7-5-8-12-21)27(29)19(3)25(17)26-18(2)16-24(28(30)20(26)4)22-13-9-6-10-14-22/h15-16,21-22,29-30H,5-14H2,1-4H3. The van der Waals surface area contributed by atoms with Gasteiger partial charge in [0.15, 0.2) is 0 Å². The molecular weight excluding hydrogens is 368 g/mol. The fraction of sp³-hybridized carbons (Fsp3) is 0.571. The third-order valence-corrected chi connectivity index (χ3v) is 7.88. The van der Waals surface area contributed by atoms with Crippen molar-refractivity contribution in [3.05, 3.63) is 45.5 Å². The molecule has 2 aromatic carbocycles. The van der Waals surface area contributed by atoms with Crippen LogP contribution in [0, 0.1) is 27.7 Å². The number of aryl methyl sites for hydroxylation is 2. The third-order valence-electron chi connectivity index (χ3n) is 7.88. The molecule has 4 rings (SSSR count). The van der Waals surface area contributed by atoms with Crippen molar-refractivity contribution >= 4 is 0 Å². The summed E-state index contributed by atoms with van der Waals surface area (Å²) in [5.74, 6) is 1.90. The van der Waals surface area contributed by atoms with E-state index in [0.29, 0.717) is 23.3 Å². The van der Waals surface area contributed by atoms with Crippen molar-refractivity contribution < 1.29 is 10.2 Å². The second-order valence-electron chi connectivity index (χ2n) is 9.93. The largest absolute Gasteiger partial charge is 0.507 e. The Kier molecular flexibility index (Phi) is 6.14. The third kappa shape index (κ3) is 3.74. The minimum absolute atomic E-state index is 0.470. The number of hydrogen-bond acceptors (Lipinski definition) is 2. The summed E-state index contributed by atoms with van der Waals surface area (Å²) in [4.78, 5) is 0. The quantitative estimate of drug-likeness (QED) is 0.540. The highest BCUT2D eigenvalue weighted by molar-refractivity contribution is 5.81. The molecule has 2 aromatic rings. The first kappa shape index (κ1) is 21.3. The molecule has 0 radical (unpaired) electrons. The molecule has 0 amide bonds. The lowest BCUT2D eigenvalue weighted by Crippen LogP contribution is -2.08. The number of aromatic hydroxyl groups is 2. The van der Waals surface area contributed by atoms with Crippen LogP contribution >= 0.6 is 0 Å². The van der Waals surface area contributed by atoms with Gasteiger partial charge in [0.1, 0.15) is 11.5 Å². The van der Waals surface area contributed by atoms with Crippen LogP contribution in [0.5, 0.6) is 11.5 Å². The molecule has 0 aliphatic heterocycles. The summed E-state index contributed by atoms with van der Waals surface area (Å²) in [6.07, 6.45) is 12.4. The zero-order valence-corrected chi connectivity index (χ0v) is 19.3. The molecule has 30 heavy (non-hydrogen) atoms. The molecule has 2 saturated carbocycles. The molecule has 2 nitrogen and oxygen atoms in total. The molecule has 0 heterocycles. The highest BCUT2D eigenvalue weighted by atomic mass is 16.3. The molecule has 2 N–H and O–H groups in total. The predicted molar refractivity (Wildman–Crippen MR) is 126 cm³/mol. The Morgan fingerprint density at radius 1 is 0.567 bits per heavy atom. The zero-order valence-electron chi connectivity index (χ0n) is 19.3. The maximum Gasteiger partial charge on any atom is 0.122 e. The van der Waals surface area contributed by atoms with Gasteiger partial charge in [-0.1, -0.05) is 50.7 Å². The smallest absolute Gasteiger partial charge is 0.122 e. The SMILES string of the molecule is Cc1cc(C2CCCCC2)c(O)c(C)c1-c1c(C)cc(C2CCCCC2)c(O)c1C. The molecule has 162 valence electrons. The number of rotatable bonds is 3. The van der Waals surface area contributed by atoms with E-state index in [1.165, 1.54) is 75.3 Å². The van der Waals surface area contributed by atoms with Crippen LogP contribution in [0.15, 0.2) is 12.1 Å². The van der Waals surface area contributed by atoms with Gasteiger partial charge in [0, 0.05) is 0 Å². The van der Waals surface area contributed by atoms with Gasteiger partial charge in [-0.3, -0.25) is 0 Å². The van der Waals surface area contributed by atoms with Crippen molar-refractivity contribution in [3.8, 4) is 22.6 Å². The first-order valence-electron chi connectivity index (χ1n) is 12.1. The normalized spacial score (nSPS) is 18.7. The Morgan fingerprint density at radius 2 is 0.900 bits per heavy atom. The first-order chi connectivity index (χ1) is 14.4. The van der Waals surface area contributed by atoms with Crippen LogP contribution < -0.4 is 0 Å². The predicted octanol–water partition coefficient (Wildman–Crippen LogP) is 8.09. The molecule has 0 aromatic heterocycles. The molecule has 0 saturated heterocycles. The molecule has 0 bridgehead atoms. The minimum Gasteiger partial charge on any atom is -0.507 e. The van der Waals surface area contributed by atoms with Crippen molar-refractivity contribution in [2.75, 3.05) is 0 Å². The molecule has 0 spiro atoms. The van der Waals surface area contributed by atoms with Crippen molar-refractivity contribution in [2.24, 2.45) is 0 Å². The highest BCUT2D eigenvalue weighted by Crippen LogP contribution is 2.47. The van der Waals surface area contributed by atoms with E-state index in [-0.39, 0.29) is 0 Å². The van der Waals surface area contributed by atoms with E-state index in [2.05, 4.69) is 39.8 Å². The van der Waals surface area contributed by atoms with Gasteiger partial charge in [0.25, 0.3) is 0 Å². The molecule has 2 heteroatoms. The van der Waals surface area contributed by atoms with Crippen molar-refractivity contribution in [1.29, 1.82) is 0 Å². The van der Waals surface area contributed by atoms with Gasteiger partial charge >= 0.3 is 0 Å². The van der Waals surface area contributed by atoms with Crippen LogP contribution in [-0.4, -0.2) is 10.2 Å². The van der Waals surface area contributed by atoms with E-state index in [1.807, 2.05) is 0 Å². The lowest BCUT2D eigenvalue weighted by molar-refractivity contribution is 0.411. The summed E-state index contributed by atoms with van der Waals surface area (Å²) in [6.45, 7) is 8.43. The van der Waals surface area contributed by atoms with Gasteiger partial charge in [-0.25, -0.2) is 0 Å². The Bertz CT molecular complexity index is 851. The average molecular weight is 407 g/mol. The zero-order chi connectivity index (χ0) is 21.4. The van der Waals surface area contributed by atoms with Crippen LogP contribution in [0.1, 0.15) is 109 Å². The lowest BCUT2D eigenvalue weighted by Gasteiger charge is -2.28. The fourth-order valence-electron chi connectivity index (χ4n) is 6.23. The number of hydrogen-bond donors (Lipinski definition) is 2. The maximum absolute atomic E-state index is 11.2. The van der Waals surface area contributed by atoms with Gasteiger partial charge < -0.3 is 10.2 Å². The molecular formula is C28H38O2. The Morgan fingerprint density at radius 3 is 1.23 bits per heavy atom. The molecule has 0 unspecified atom stereocenters. The van der Waals surface area contributed by atoms with E-state index in [4.69, 9.17) is 0 Å².